The van der Waals surface area contributed by atoms with Crippen molar-refractivity contribution in [3.8, 4) is 0 Å². The molecule has 1 rings (SSSR count). The Morgan fingerprint density at radius 1 is 0.731 bits per heavy atom. The third-order valence-corrected chi connectivity index (χ3v) is 4.72. The molecule has 3 heteroatoms. The molecule has 0 aliphatic rings. The maximum absolute atomic E-state index is 11.8. The number of carbonyl (C=O) groups excluding carboxylic acids is 1. The highest BCUT2D eigenvalue weighted by Gasteiger charge is 2.02. The number of ketones is 1. The quantitative estimate of drug-likeness (QED) is 0.334. The Morgan fingerprint density at radius 3 is 1.88 bits per heavy atom. The van der Waals surface area contributed by atoms with Gasteiger partial charge in [0, 0.05) is 26.1 Å². The molecule has 1 N–H and O–H groups in total. The van der Waals surface area contributed by atoms with E-state index < -0.39 is 0 Å². The molecule has 148 valence electrons. The van der Waals surface area contributed by atoms with E-state index in [1.54, 1.807) is 0 Å². The van der Waals surface area contributed by atoms with Crippen LogP contribution in [0.4, 0.5) is 0 Å². The van der Waals surface area contributed by atoms with Crippen molar-refractivity contribution in [3.63, 3.8) is 0 Å². The number of aliphatic hydroxyl groups excluding tert-OH is 1. The molecule has 0 unspecified atom stereocenters. The van der Waals surface area contributed by atoms with Crippen LogP contribution in [-0.2, 0) is 16.1 Å². The van der Waals surface area contributed by atoms with Crippen molar-refractivity contribution in [3.05, 3.63) is 35.9 Å². The molecule has 0 atom stereocenters. The lowest BCUT2D eigenvalue weighted by molar-refractivity contribution is -0.119. The number of carbonyl (C=O) groups is 1. The molecule has 26 heavy (non-hydrogen) atoms. The molecule has 1 aromatic rings. The van der Waals surface area contributed by atoms with E-state index in [9.17, 15) is 4.79 Å². The Bertz CT molecular complexity index is 430. The number of hydrogen-bond donors (Lipinski definition) is 1. The third kappa shape index (κ3) is 14.0. The summed E-state index contributed by atoms with van der Waals surface area (Å²) in [4.78, 5) is 11.8. The third-order valence-electron chi connectivity index (χ3n) is 4.72. The number of Topliss-reactive ketones (excluding diaryl/α,β-unsaturated/α-hetero) is 1. The molecule has 0 amide bonds. The summed E-state index contributed by atoms with van der Waals surface area (Å²) >= 11 is 0. The van der Waals surface area contributed by atoms with E-state index in [0.717, 1.165) is 64.4 Å². The van der Waals surface area contributed by atoms with Gasteiger partial charge in [-0.2, -0.15) is 0 Å². The van der Waals surface area contributed by atoms with E-state index in [4.69, 9.17) is 9.84 Å². The van der Waals surface area contributed by atoms with E-state index in [1.807, 2.05) is 18.2 Å². The Balaban J connectivity index is 1.78. The summed E-state index contributed by atoms with van der Waals surface area (Å²) in [5, 5.41) is 8.71. The van der Waals surface area contributed by atoms with Gasteiger partial charge in [-0.3, -0.25) is 4.79 Å². The number of hydrogen-bond acceptors (Lipinski definition) is 3. The first-order valence-electron chi connectivity index (χ1n) is 10.6. The molecule has 0 aliphatic heterocycles. The predicted octanol–water partition coefficient (Wildman–Crippen LogP) is 5.84. The normalized spacial score (nSPS) is 11.0. The van der Waals surface area contributed by atoms with E-state index in [0.29, 0.717) is 19.0 Å². The average molecular weight is 363 g/mol. The monoisotopic (exact) mass is 362 g/mol. The lowest BCUT2D eigenvalue weighted by Gasteiger charge is -2.05. The SMILES string of the molecule is O=C(CCCCCCCCO)CCCCCCCOCc1ccccc1. The first-order chi connectivity index (χ1) is 12.8. The van der Waals surface area contributed by atoms with Crippen LogP contribution in [0.3, 0.4) is 0 Å². The fourth-order valence-corrected chi connectivity index (χ4v) is 3.09. The van der Waals surface area contributed by atoms with E-state index in [-0.39, 0.29) is 0 Å². The van der Waals surface area contributed by atoms with Crippen LogP contribution in [0.2, 0.25) is 0 Å². The first-order valence-corrected chi connectivity index (χ1v) is 10.6. The molecule has 0 spiro atoms. The fraction of sp³-hybridized carbons (Fsp3) is 0.696. The first kappa shape index (κ1) is 22.9. The molecule has 0 bridgehead atoms. The van der Waals surface area contributed by atoms with Gasteiger partial charge >= 0.3 is 0 Å². The lowest BCUT2D eigenvalue weighted by atomic mass is 10.0. The van der Waals surface area contributed by atoms with Crippen LogP contribution in [0.1, 0.15) is 89.0 Å². The van der Waals surface area contributed by atoms with Crippen LogP contribution in [0, 0.1) is 0 Å². The van der Waals surface area contributed by atoms with Crippen LogP contribution in [0.5, 0.6) is 0 Å². The Hall–Kier alpha value is -1.19. The Kier molecular flexibility index (Phi) is 15.1. The zero-order valence-corrected chi connectivity index (χ0v) is 16.5. The lowest BCUT2D eigenvalue weighted by Crippen LogP contribution is -1.98. The average Bonchev–Trinajstić information content (AvgIpc) is 2.67. The summed E-state index contributed by atoms with van der Waals surface area (Å²) in [6.07, 6.45) is 13.8. The molecule has 0 aromatic heterocycles. The molecule has 3 nitrogen and oxygen atoms in total. The number of aliphatic hydroxyl groups is 1. The summed E-state index contributed by atoms with van der Waals surface area (Å²) in [5.41, 5.74) is 1.23. The second-order valence-corrected chi connectivity index (χ2v) is 7.19. The van der Waals surface area contributed by atoms with Gasteiger partial charge in [-0.25, -0.2) is 0 Å². The minimum atomic E-state index is 0.305. The number of rotatable bonds is 18. The van der Waals surface area contributed by atoms with Crippen molar-refractivity contribution in [1.29, 1.82) is 0 Å². The standard InChI is InChI=1S/C23H38O3/c24-19-13-6-2-1-4-11-17-23(25)18-12-5-3-7-14-20-26-21-22-15-9-8-10-16-22/h8-10,15-16,24H,1-7,11-14,17-21H2. The summed E-state index contributed by atoms with van der Waals surface area (Å²) < 4.78 is 5.68. The van der Waals surface area contributed by atoms with Crippen LogP contribution < -0.4 is 0 Å². The zero-order chi connectivity index (χ0) is 18.7. The molecule has 0 radical (unpaired) electrons. The van der Waals surface area contributed by atoms with Crippen molar-refractivity contribution in [2.24, 2.45) is 0 Å². The molecule has 0 saturated carbocycles. The summed E-state index contributed by atoms with van der Waals surface area (Å²) in [7, 11) is 0. The van der Waals surface area contributed by atoms with E-state index in [2.05, 4.69) is 12.1 Å². The van der Waals surface area contributed by atoms with Crippen LogP contribution in [0.15, 0.2) is 30.3 Å². The van der Waals surface area contributed by atoms with Crippen LogP contribution >= 0.6 is 0 Å². The topological polar surface area (TPSA) is 46.5 Å². The molecule has 0 saturated heterocycles. The minimum absolute atomic E-state index is 0.305. The van der Waals surface area contributed by atoms with Crippen molar-refractivity contribution >= 4 is 5.78 Å². The number of benzene rings is 1. The van der Waals surface area contributed by atoms with Crippen LogP contribution in [-0.4, -0.2) is 24.1 Å². The van der Waals surface area contributed by atoms with Gasteiger partial charge in [-0.05, 0) is 31.2 Å². The highest BCUT2D eigenvalue weighted by atomic mass is 16.5. The Morgan fingerprint density at radius 2 is 1.27 bits per heavy atom. The highest BCUT2D eigenvalue weighted by molar-refractivity contribution is 5.78. The zero-order valence-electron chi connectivity index (χ0n) is 16.5. The maximum Gasteiger partial charge on any atom is 0.132 e. The smallest absolute Gasteiger partial charge is 0.132 e. The number of ether oxygens (including phenoxy) is 1. The Labute approximate surface area is 160 Å². The molecule has 0 heterocycles. The minimum Gasteiger partial charge on any atom is -0.396 e. The number of unbranched alkanes of at least 4 members (excludes halogenated alkanes) is 9. The largest absolute Gasteiger partial charge is 0.396 e. The fourth-order valence-electron chi connectivity index (χ4n) is 3.09. The van der Waals surface area contributed by atoms with Gasteiger partial charge in [0.15, 0.2) is 0 Å². The van der Waals surface area contributed by atoms with Gasteiger partial charge in [0.25, 0.3) is 0 Å². The van der Waals surface area contributed by atoms with Crippen molar-refractivity contribution in [2.45, 2.75) is 90.1 Å². The van der Waals surface area contributed by atoms with Crippen LogP contribution in [0.25, 0.3) is 0 Å². The summed E-state index contributed by atoms with van der Waals surface area (Å²) in [6.45, 7) is 1.84. The van der Waals surface area contributed by atoms with E-state index >= 15 is 0 Å². The van der Waals surface area contributed by atoms with Gasteiger partial charge in [-0.1, -0.05) is 75.3 Å². The summed E-state index contributed by atoms with van der Waals surface area (Å²) in [6, 6.07) is 10.3. The van der Waals surface area contributed by atoms with Gasteiger partial charge < -0.3 is 9.84 Å². The van der Waals surface area contributed by atoms with Crippen molar-refractivity contribution in [1.82, 2.24) is 0 Å². The molecular weight excluding hydrogens is 324 g/mol. The van der Waals surface area contributed by atoms with Crippen molar-refractivity contribution in [2.75, 3.05) is 13.2 Å². The highest BCUT2D eigenvalue weighted by Crippen LogP contribution is 2.11. The molecule has 1 aromatic carbocycles. The molecule has 0 fully saturated rings. The second kappa shape index (κ2) is 17.2. The maximum atomic E-state index is 11.8. The second-order valence-electron chi connectivity index (χ2n) is 7.19. The molecule has 0 aliphatic carbocycles. The van der Waals surface area contributed by atoms with Gasteiger partial charge in [0.1, 0.15) is 5.78 Å². The predicted molar refractivity (Wildman–Crippen MR) is 108 cm³/mol. The van der Waals surface area contributed by atoms with Gasteiger partial charge in [0.05, 0.1) is 6.61 Å². The van der Waals surface area contributed by atoms with Gasteiger partial charge in [0.2, 0.25) is 0 Å². The summed E-state index contributed by atoms with van der Waals surface area (Å²) in [5.74, 6) is 0.437. The molecular formula is C23H38O3. The van der Waals surface area contributed by atoms with Gasteiger partial charge in [-0.15, -0.1) is 0 Å². The van der Waals surface area contributed by atoms with Crippen molar-refractivity contribution < 1.29 is 14.6 Å². The van der Waals surface area contributed by atoms with E-state index in [1.165, 1.54) is 31.2 Å².